The third-order valence-electron chi connectivity index (χ3n) is 3.29. The Balaban J connectivity index is 2.56. The van der Waals surface area contributed by atoms with E-state index in [2.05, 4.69) is 24.3 Å². The zero-order valence-electron chi connectivity index (χ0n) is 12.2. The third-order valence-corrected chi connectivity index (χ3v) is 3.29. The molecule has 0 aliphatic rings. The quantitative estimate of drug-likeness (QED) is 0.855. The molecule has 1 rings (SSSR count). The molecule has 0 fully saturated rings. The molecule has 0 saturated heterocycles. The van der Waals surface area contributed by atoms with Crippen LogP contribution >= 0.6 is 0 Å². The number of aryl methyl sites for hydroxylation is 2. The van der Waals surface area contributed by atoms with E-state index in [4.69, 9.17) is 0 Å². The van der Waals surface area contributed by atoms with Crippen LogP contribution in [0.3, 0.4) is 0 Å². The van der Waals surface area contributed by atoms with Gasteiger partial charge in [0, 0.05) is 51.4 Å². The fraction of sp³-hybridized carbons (Fsp3) is 0.692. The van der Waals surface area contributed by atoms with Crippen molar-refractivity contribution in [2.45, 2.75) is 33.2 Å². The molecule has 1 aromatic heterocycles. The second-order valence-electron chi connectivity index (χ2n) is 4.92. The lowest BCUT2D eigenvalue weighted by atomic mass is 10.1. The molecule has 5 nitrogen and oxygen atoms in total. The Bertz CT molecular complexity index is 423. The Kier molecular flexibility index (Phi) is 4.90. The maximum atomic E-state index is 11.5. The fourth-order valence-electron chi connectivity index (χ4n) is 2.14. The van der Waals surface area contributed by atoms with Gasteiger partial charge in [0.25, 0.3) is 0 Å². The molecule has 0 aliphatic heterocycles. The SMILES string of the molecule is Cc1nn(C)c(C)c1C(C)NCCC(=O)N(C)C. The van der Waals surface area contributed by atoms with Gasteiger partial charge in [0.15, 0.2) is 0 Å². The molecular weight excluding hydrogens is 228 g/mol. The van der Waals surface area contributed by atoms with Crippen LogP contribution in [0, 0.1) is 13.8 Å². The van der Waals surface area contributed by atoms with Crippen LogP contribution in [0.15, 0.2) is 0 Å². The van der Waals surface area contributed by atoms with Crippen molar-refractivity contribution >= 4 is 5.91 Å². The van der Waals surface area contributed by atoms with E-state index in [-0.39, 0.29) is 11.9 Å². The highest BCUT2D eigenvalue weighted by atomic mass is 16.2. The Labute approximate surface area is 109 Å². The minimum atomic E-state index is 0.148. The van der Waals surface area contributed by atoms with Crippen LogP contribution in [0.2, 0.25) is 0 Å². The van der Waals surface area contributed by atoms with E-state index >= 15 is 0 Å². The number of aromatic nitrogens is 2. The van der Waals surface area contributed by atoms with Crippen LogP contribution in [0.1, 0.15) is 36.3 Å². The van der Waals surface area contributed by atoms with Crippen LogP contribution in [-0.4, -0.2) is 41.2 Å². The molecule has 1 atom stereocenters. The number of carbonyl (C=O) groups is 1. The van der Waals surface area contributed by atoms with Gasteiger partial charge in [-0.05, 0) is 20.8 Å². The standard InChI is InChI=1S/C13H24N4O/c1-9(14-8-7-12(18)16(4)5)13-10(2)15-17(6)11(13)3/h9,14H,7-8H2,1-6H3. The maximum Gasteiger partial charge on any atom is 0.223 e. The summed E-state index contributed by atoms with van der Waals surface area (Å²) in [5.41, 5.74) is 3.45. The molecule has 0 saturated carbocycles. The summed E-state index contributed by atoms with van der Waals surface area (Å²) >= 11 is 0. The first-order valence-corrected chi connectivity index (χ1v) is 6.28. The van der Waals surface area contributed by atoms with Gasteiger partial charge in [-0.1, -0.05) is 0 Å². The van der Waals surface area contributed by atoms with Crippen molar-refractivity contribution < 1.29 is 4.79 Å². The zero-order chi connectivity index (χ0) is 13.9. The average molecular weight is 252 g/mol. The van der Waals surface area contributed by atoms with Gasteiger partial charge in [0.2, 0.25) is 5.91 Å². The summed E-state index contributed by atoms with van der Waals surface area (Å²) in [5, 5.41) is 7.78. The summed E-state index contributed by atoms with van der Waals surface area (Å²) in [6.07, 6.45) is 0.524. The monoisotopic (exact) mass is 252 g/mol. The second-order valence-corrected chi connectivity index (χ2v) is 4.92. The van der Waals surface area contributed by atoms with Gasteiger partial charge in [-0.15, -0.1) is 0 Å². The average Bonchev–Trinajstić information content (AvgIpc) is 2.52. The number of hydrogen-bond donors (Lipinski definition) is 1. The molecule has 0 spiro atoms. The molecule has 0 aliphatic carbocycles. The van der Waals surface area contributed by atoms with Crippen molar-refractivity contribution in [2.24, 2.45) is 7.05 Å². The van der Waals surface area contributed by atoms with E-state index in [1.54, 1.807) is 19.0 Å². The molecule has 0 bridgehead atoms. The van der Waals surface area contributed by atoms with E-state index in [1.165, 1.54) is 11.3 Å². The molecule has 0 aromatic carbocycles. The summed E-state index contributed by atoms with van der Waals surface area (Å²) in [6.45, 7) is 6.88. The zero-order valence-corrected chi connectivity index (χ0v) is 12.2. The maximum absolute atomic E-state index is 11.5. The number of nitrogens with one attached hydrogen (secondary N) is 1. The largest absolute Gasteiger partial charge is 0.349 e. The highest BCUT2D eigenvalue weighted by molar-refractivity contribution is 5.75. The highest BCUT2D eigenvalue weighted by Crippen LogP contribution is 2.20. The van der Waals surface area contributed by atoms with Gasteiger partial charge < -0.3 is 10.2 Å². The summed E-state index contributed by atoms with van der Waals surface area (Å²) in [5.74, 6) is 0.148. The fourth-order valence-corrected chi connectivity index (χ4v) is 2.14. The number of amides is 1. The van der Waals surface area contributed by atoms with Gasteiger partial charge in [0.05, 0.1) is 5.69 Å². The minimum absolute atomic E-state index is 0.148. The van der Waals surface area contributed by atoms with Gasteiger partial charge in [-0.3, -0.25) is 9.48 Å². The summed E-state index contributed by atoms with van der Waals surface area (Å²) in [4.78, 5) is 13.1. The van der Waals surface area contributed by atoms with Crippen LogP contribution < -0.4 is 5.32 Å². The molecule has 102 valence electrons. The van der Waals surface area contributed by atoms with Crippen molar-refractivity contribution in [1.82, 2.24) is 20.0 Å². The third kappa shape index (κ3) is 3.32. The number of carbonyl (C=O) groups excluding carboxylic acids is 1. The summed E-state index contributed by atoms with van der Waals surface area (Å²) in [6, 6.07) is 0.216. The van der Waals surface area contributed by atoms with Gasteiger partial charge >= 0.3 is 0 Å². The van der Waals surface area contributed by atoms with E-state index in [9.17, 15) is 4.79 Å². The number of rotatable bonds is 5. The summed E-state index contributed by atoms with van der Waals surface area (Å²) < 4.78 is 1.90. The Morgan fingerprint density at radius 1 is 1.44 bits per heavy atom. The molecule has 5 heteroatoms. The van der Waals surface area contributed by atoms with E-state index in [0.717, 1.165) is 5.69 Å². The molecule has 1 aromatic rings. The Morgan fingerprint density at radius 3 is 2.50 bits per heavy atom. The lowest BCUT2D eigenvalue weighted by Gasteiger charge is -2.16. The van der Waals surface area contributed by atoms with E-state index in [1.807, 2.05) is 18.7 Å². The van der Waals surface area contributed by atoms with Crippen LogP contribution in [0.4, 0.5) is 0 Å². The van der Waals surface area contributed by atoms with Gasteiger partial charge in [-0.25, -0.2) is 0 Å². The molecule has 0 radical (unpaired) electrons. The van der Waals surface area contributed by atoms with Crippen molar-refractivity contribution in [3.8, 4) is 0 Å². The second kappa shape index (κ2) is 6.00. The number of hydrogen-bond acceptors (Lipinski definition) is 3. The van der Waals surface area contributed by atoms with Gasteiger partial charge in [-0.2, -0.15) is 5.10 Å². The molecule has 1 N–H and O–H groups in total. The van der Waals surface area contributed by atoms with E-state index in [0.29, 0.717) is 13.0 Å². The first-order chi connectivity index (χ1) is 8.34. The Morgan fingerprint density at radius 2 is 2.06 bits per heavy atom. The van der Waals surface area contributed by atoms with E-state index < -0.39 is 0 Å². The first kappa shape index (κ1) is 14.7. The summed E-state index contributed by atoms with van der Waals surface area (Å²) in [7, 11) is 5.51. The van der Waals surface area contributed by atoms with Crippen LogP contribution in [0.25, 0.3) is 0 Å². The van der Waals surface area contributed by atoms with Crippen LogP contribution in [-0.2, 0) is 11.8 Å². The molecule has 1 heterocycles. The first-order valence-electron chi connectivity index (χ1n) is 6.28. The lowest BCUT2D eigenvalue weighted by molar-refractivity contribution is -0.128. The van der Waals surface area contributed by atoms with Crippen LogP contribution in [0.5, 0.6) is 0 Å². The predicted octanol–water partition coefficient (Wildman–Crippen LogP) is 1.17. The molecular formula is C13H24N4O. The Hall–Kier alpha value is -1.36. The highest BCUT2D eigenvalue weighted by Gasteiger charge is 2.16. The molecule has 1 amide bonds. The lowest BCUT2D eigenvalue weighted by Crippen LogP contribution is -2.28. The smallest absolute Gasteiger partial charge is 0.223 e. The van der Waals surface area contributed by atoms with Gasteiger partial charge in [0.1, 0.15) is 0 Å². The van der Waals surface area contributed by atoms with Crippen molar-refractivity contribution in [2.75, 3.05) is 20.6 Å². The van der Waals surface area contributed by atoms with Crippen molar-refractivity contribution in [3.63, 3.8) is 0 Å². The molecule has 1 unspecified atom stereocenters. The minimum Gasteiger partial charge on any atom is -0.349 e. The number of nitrogens with zero attached hydrogens (tertiary/aromatic N) is 3. The topological polar surface area (TPSA) is 50.2 Å². The van der Waals surface area contributed by atoms with Crippen molar-refractivity contribution in [1.29, 1.82) is 0 Å². The normalized spacial score (nSPS) is 12.6. The van der Waals surface area contributed by atoms with Crippen molar-refractivity contribution in [3.05, 3.63) is 17.0 Å². The predicted molar refractivity (Wildman–Crippen MR) is 72.4 cm³/mol. The molecule has 18 heavy (non-hydrogen) atoms.